The molecule has 2 fully saturated rings. The zero-order valence-electron chi connectivity index (χ0n) is 16.2. The lowest BCUT2D eigenvalue weighted by molar-refractivity contribution is -0.137. The summed E-state index contributed by atoms with van der Waals surface area (Å²) < 4.78 is 6.30. The number of carbonyl (C=O) groups excluding carboxylic acids is 3. The van der Waals surface area contributed by atoms with Crippen molar-refractivity contribution in [2.45, 2.75) is 63.1 Å². The van der Waals surface area contributed by atoms with Crippen LogP contribution < -0.4 is 15.4 Å². The van der Waals surface area contributed by atoms with Crippen LogP contribution in [0.15, 0.2) is 24.3 Å². The van der Waals surface area contributed by atoms with Gasteiger partial charge < -0.3 is 20.3 Å². The van der Waals surface area contributed by atoms with Crippen LogP contribution in [0.2, 0.25) is 0 Å². The van der Waals surface area contributed by atoms with E-state index in [0.29, 0.717) is 30.8 Å². The first-order valence-electron chi connectivity index (χ1n) is 10.1. The molecular weight excluding hydrogens is 358 g/mol. The second kappa shape index (κ2) is 7.45. The minimum absolute atomic E-state index is 0.0616. The summed E-state index contributed by atoms with van der Waals surface area (Å²) in [5.74, 6) is 0.497. The van der Waals surface area contributed by atoms with Crippen molar-refractivity contribution in [1.82, 2.24) is 15.5 Å². The van der Waals surface area contributed by atoms with Crippen LogP contribution >= 0.6 is 0 Å². The Labute approximate surface area is 164 Å². The van der Waals surface area contributed by atoms with E-state index in [2.05, 4.69) is 10.6 Å². The second-order valence-corrected chi connectivity index (χ2v) is 8.11. The molecule has 0 bridgehead atoms. The fourth-order valence-electron chi connectivity index (χ4n) is 4.46. The van der Waals surface area contributed by atoms with Crippen molar-refractivity contribution in [1.29, 1.82) is 0 Å². The lowest BCUT2D eigenvalue weighted by Crippen LogP contribution is -2.53. The Morgan fingerprint density at radius 1 is 1.29 bits per heavy atom. The molecule has 1 spiro atoms. The quantitative estimate of drug-likeness (QED) is 0.828. The van der Waals surface area contributed by atoms with E-state index in [0.717, 1.165) is 32.1 Å². The summed E-state index contributed by atoms with van der Waals surface area (Å²) in [6.07, 6.45) is 4.43. The van der Waals surface area contributed by atoms with Crippen LogP contribution in [-0.2, 0) is 9.59 Å². The summed E-state index contributed by atoms with van der Waals surface area (Å²) in [4.78, 5) is 38.4. The topological polar surface area (TPSA) is 87.7 Å². The van der Waals surface area contributed by atoms with E-state index in [4.69, 9.17) is 4.74 Å². The number of carbonyl (C=O) groups is 3. The smallest absolute Gasteiger partial charge is 0.255 e. The standard InChI is InChI=1S/C21H27N3O4/c1-14(24-12-4-7-18(24)25)19(26)23-15-8-10-21(11-9-15)13-22-20(27)16-5-2-3-6-17(16)28-21/h2-3,5-6,14-15H,4,7-13H2,1H3,(H,22,27)(H,23,26)/t14-,15?,21?/m0/s1. The average molecular weight is 385 g/mol. The molecule has 1 saturated heterocycles. The van der Waals surface area contributed by atoms with Crippen LogP contribution in [-0.4, -0.2) is 53.4 Å². The summed E-state index contributed by atoms with van der Waals surface area (Å²) in [5, 5.41) is 6.09. The highest BCUT2D eigenvalue weighted by Gasteiger charge is 2.41. The highest BCUT2D eigenvalue weighted by Crippen LogP contribution is 2.36. The Morgan fingerprint density at radius 3 is 2.75 bits per heavy atom. The van der Waals surface area contributed by atoms with E-state index in [1.54, 1.807) is 17.9 Å². The Balaban J connectivity index is 1.36. The highest BCUT2D eigenvalue weighted by atomic mass is 16.5. The van der Waals surface area contributed by atoms with Crippen molar-refractivity contribution in [2.24, 2.45) is 0 Å². The molecule has 1 aromatic carbocycles. The van der Waals surface area contributed by atoms with Crippen LogP contribution in [0.25, 0.3) is 0 Å². The normalized spacial score (nSPS) is 28.2. The molecule has 4 rings (SSSR count). The molecule has 0 radical (unpaired) electrons. The predicted octanol–water partition coefficient (Wildman–Crippen LogP) is 1.62. The number of amides is 3. The number of likely N-dealkylation sites (tertiary alicyclic amines) is 1. The maximum absolute atomic E-state index is 12.6. The molecule has 1 aliphatic carbocycles. The molecule has 1 atom stereocenters. The first kappa shape index (κ1) is 18.8. The molecule has 2 heterocycles. The SMILES string of the molecule is C[C@@H](C(=O)NC1CCC2(CC1)CNC(=O)c1ccccc1O2)N1CCCC1=O. The molecule has 0 aromatic heterocycles. The second-order valence-electron chi connectivity index (χ2n) is 8.11. The van der Waals surface area contributed by atoms with Gasteiger partial charge in [-0.05, 0) is 51.2 Å². The predicted molar refractivity (Wildman–Crippen MR) is 103 cm³/mol. The molecule has 1 aromatic rings. The number of nitrogens with one attached hydrogen (secondary N) is 2. The van der Waals surface area contributed by atoms with Gasteiger partial charge in [0.2, 0.25) is 11.8 Å². The lowest BCUT2D eigenvalue weighted by atomic mass is 9.81. The molecule has 7 heteroatoms. The molecule has 3 amide bonds. The molecule has 3 aliphatic rings. The van der Waals surface area contributed by atoms with Gasteiger partial charge in [-0.2, -0.15) is 0 Å². The third-order valence-electron chi connectivity index (χ3n) is 6.23. The van der Waals surface area contributed by atoms with Crippen LogP contribution in [0.4, 0.5) is 0 Å². The Hall–Kier alpha value is -2.57. The first-order valence-corrected chi connectivity index (χ1v) is 10.1. The maximum atomic E-state index is 12.6. The zero-order valence-corrected chi connectivity index (χ0v) is 16.2. The summed E-state index contributed by atoms with van der Waals surface area (Å²) >= 11 is 0. The fourth-order valence-corrected chi connectivity index (χ4v) is 4.46. The molecular formula is C21H27N3O4. The molecule has 0 unspecified atom stereocenters. The van der Waals surface area contributed by atoms with Gasteiger partial charge in [-0.1, -0.05) is 12.1 Å². The molecule has 28 heavy (non-hydrogen) atoms. The van der Waals surface area contributed by atoms with Gasteiger partial charge in [-0.3, -0.25) is 14.4 Å². The Bertz CT molecular complexity index is 786. The van der Waals surface area contributed by atoms with Gasteiger partial charge in [0.25, 0.3) is 5.91 Å². The summed E-state index contributed by atoms with van der Waals surface area (Å²) in [5.41, 5.74) is 0.138. The van der Waals surface area contributed by atoms with E-state index < -0.39 is 11.6 Å². The number of nitrogens with zero attached hydrogens (tertiary/aromatic N) is 1. The van der Waals surface area contributed by atoms with Crippen molar-refractivity contribution >= 4 is 17.7 Å². The third-order valence-corrected chi connectivity index (χ3v) is 6.23. The molecule has 2 aliphatic heterocycles. The number of para-hydroxylation sites is 1. The van der Waals surface area contributed by atoms with Gasteiger partial charge >= 0.3 is 0 Å². The number of benzene rings is 1. The van der Waals surface area contributed by atoms with Gasteiger partial charge in [-0.25, -0.2) is 0 Å². The zero-order chi connectivity index (χ0) is 19.7. The van der Waals surface area contributed by atoms with Crippen molar-refractivity contribution < 1.29 is 19.1 Å². The van der Waals surface area contributed by atoms with Gasteiger partial charge in [0.05, 0.1) is 12.1 Å². The van der Waals surface area contributed by atoms with Crippen molar-refractivity contribution in [3.63, 3.8) is 0 Å². The minimum atomic E-state index is -0.431. The first-order chi connectivity index (χ1) is 13.5. The Morgan fingerprint density at radius 2 is 2.04 bits per heavy atom. The average Bonchev–Trinajstić information content (AvgIpc) is 3.08. The van der Waals surface area contributed by atoms with Crippen LogP contribution in [0.1, 0.15) is 55.8 Å². The van der Waals surface area contributed by atoms with Crippen molar-refractivity contribution in [2.75, 3.05) is 13.1 Å². The van der Waals surface area contributed by atoms with Crippen LogP contribution in [0.5, 0.6) is 5.75 Å². The Kier molecular flexibility index (Phi) is 5.00. The van der Waals surface area contributed by atoms with Gasteiger partial charge in [0.1, 0.15) is 17.4 Å². The van der Waals surface area contributed by atoms with E-state index in [1.807, 2.05) is 18.2 Å². The van der Waals surface area contributed by atoms with Crippen LogP contribution in [0, 0.1) is 0 Å². The minimum Gasteiger partial charge on any atom is -0.485 e. The van der Waals surface area contributed by atoms with E-state index in [-0.39, 0.29) is 23.8 Å². The van der Waals surface area contributed by atoms with Gasteiger partial charge in [0, 0.05) is 19.0 Å². The van der Waals surface area contributed by atoms with Crippen LogP contribution in [0.3, 0.4) is 0 Å². The number of hydrogen-bond acceptors (Lipinski definition) is 4. The monoisotopic (exact) mass is 385 g/mol. The molecule has 150 valence electrons. The van der Waals surface area contributed by atoms with E-state index in [9.17, 15) is 14.4 Å². The van der Waals surface area contributed by atoms with Gasteiger partial charge in [-0.15, -0.1) is 0 Å². The number of fused-ring (bicyclic) bond motifs is 1. The van der Waals surface area contributed by atoms with E-state index >= 15 is 0 Å². The van der Waals surface area contributed by atoms with Crippen molar-refractivity contribution in [3.8, 4) is 5.75 Å². The maximum Gasteiger partial charge on any atom is 0.255 e. The molecule has 2 N–H and O–H groups in total. The largest absolute Gasteiger partial charge is 0.485 e. The summed E-state index contributed by atoms with van der Waals surface area (Å²) in [6.45, 7) is 2.93. The number of ether oxygens (including phenoxy) is 1. The fraction of sp³-hybridized carbons (Fsp3) is 0.571. The highest BCUT2D eigenvalue weighted by molar-refractivity contribution is 5.97. The van der Waals surface area contributed by atoms with E-state index in [1.165, 1.54) is 0 Å². The lowest BCUT2D eigenvalue weighted by Gasteiger charge is -2.40. The molecule has 7 nitrogen and oxygen atoms in total. The number of hydrogen-bond donors (Lipinski definition) is 2. The number of rotatable bonds is 3. The molecule has 1 saturated carbocycles. The summed E-state index contributed by atoms with van der Waals surface area (Å²) in [6, 6.07) is 6.96. The third kappa shape index (κ3) is 3.57. The van der Waals surface area contributed by atoms with Gasteiger partial charge in [0.15, 0.2) is 0 Å². The summed E-state index contributed by atoms with van der Waals surface area (Å²) in [7, 11) is 0. The van der Waals surface area contributed by atoms with Crippen molar-refractivity contribution in [3.05, 3.63) is 29.8 Å².